The quantitative estimate of drug-likeness (QED) is 0.797. The van der Waals surface area contributed by atoms with Crippen molar-refractivity contribution in [1.29, 1.82) is 0 Å². The molecule has 2 rings (SSSR count). The molecule has 2 heteroatoms. The summed E-state index contributed by atoms with van der Waals surface area (Å²) >= 11 is 0. The van der Waals surface area contributed by atoms with Gasteiger partial charge in [0.25, 0.3) is 0 Å². The average molecular weight is 244 g/mol. The van der Waals surface area contributed by atoms with E-state index in [4.69, 9.17) is 0 Å². The van der Waals surface area contributed by atoms with Crippen molar-refractivity contribution < 1.29 is 9.67 Å². The minimum atomic E-state index is 0.379. The van der Waals surface area contributed by atoms with Crippen molar-refractivity contribution in [1.82, 2.24) is 0 Å². The van der Waals surface area contributed by atoms with E-state index in [-0.39, 0.29) is 0 Å². The Hall–Kier alpha value is -1.57. The SMILES string of the molecule is Cc1ccc2cc[n+](C(C)C)c(C(C)C)c2c1O. The summed E-state index contributed by atoms with van der Waals surface area (Å²) in [5.74, 6) is 0.801. The van der Waals surface area contributed by atoms with E-state index in [1.807, 2.05) is 13.0 Å². The van der Waals surface area contributed by atoms with Crippen molar-refractivity contribution in [3.8, 4) is 5.75 Å². The predicted molar refractivity (Wildman–Crippen MR) is 75.0 cm³/mol. The van der Waals surface area contributed by atoms with E-state index in [0.29, 0.717) is 17.7 Å². The van der Waals surface area contributed by atoms with Gasteiger partial charge in [0.2, 0.25) is 0 Å². The summed E-state index contributed by atoms with van der Waals surface area (Å²) in [6, 6.07) is 6.54. The molecule has 0 saturated carbocycles. The Balaban J connectivity index is 2.92. The summed E-state index contributed by atoms with van der Waals surface area (Å²) in [6.07, 6.45) is 2.12. The smallest absolute Gasteiger partial charge is 0.195 e. The number of phenols is 1. The van der Waals surface area contributed by atoms with Gasteiger partial charge in [-0.15, -0.1) is 0 Å². The average Bonchev–Trinajstić information content (AvgIpc) is 2.32. The van der Waals surface area contributed by atoms with Gasteiger partial charge >= 0.3 is 0 Å². The van der Waals surface area contributed by atoms with Crippen molar-refractivity contribution in [2.45, 2.75) is 46.6 Å². The Bertz CT molecular complexity index is 585. The van der Waals surface area contributed by atoms with Crippen LogP contribution in [0.25, 0.3) is 10.8 Å². The van der Waals surface area contributed by atoms with Crippen LogP contribution in [-0.2, 0) is 0 Å². The van der Waals surface area contributed by atoms with Gasteiger partial charge in [0, 0.05) is 12.0 Å². The largest absolute Gasteiger partial charge is 0.507 e. The number of aromatic hydroxyl groups is 1. The summed E-state index contributed by atoms with van der Waals surface area (Å²) in [5, 5.41) is 12.5. The van der Waals surface area contributed by atoms with E-state index in [2.05, 4.69) is 50.6 Å². The maximum atomic E-state index is 10.4. The fraction of sp³-hybridized carbons (Fsp3) is 0.438. The first kappa shape index (κ1) is 12.9. The molecule has 0 atom stereocenters. The molecule has 18 heavy (non-hydrogen) atoms. The number of hydrogen-bond acceptors (Lipinski definition) is 1. The van der Waals surface area contributed by atoms with Crippen molar-refractivity contribution in [2.24, 2.45) is 0 Å². The number of hydrogen-bond donors (Lipinski definition) is 1. The minimum absolute atomic E-state index is 0.379. The maximum Gasteiger partial charge on any atom is 0.195 e. The molecule has 96 valence electrons. The molecule has 0 aliphatic rings. The van der Waals surface area contributed by atoms with Crippen LogP contribution in [-0.4, -0.2) is 5.11 Å². The van der Waals surface area contributed by atoms with E-state index in [0.717, 1.165) is 16.3 Å². The summed E-state index contributed by atoms with van der Waals surface area (Å²) in [5.41, 5.74) is 2.15. The lowest BCUT2D eigenvalue weighted by atomic mass is 9.98. The number of pyridine rings is 1. The molecule has 1 N–H and O–H groups in total. The Morgan fingerprint density at radius 2 is 1.72 bits per heavy atom. The number of phenolic OH excluding ortho intramolecular Hbond substituents is 1. The number of nitrogens with zero attached hydrogens (tertiary/aromatic N) is 1. The molecule has 0 spiro atoms. The van der Waals surface area contributed by atoms with Crippen molar-refractivity contribution in [3.05, 3.63) is 35.7 Å². The van der Waals surface area contributed by atoms with Gasteiger partial charge in [-0.1, -0.05) is 26.0 Å². The number of benzene rings is 1. The van der Waals surface area contributed by atoms with Crippen LogP contribution in [0.4, 0.5) is 0 Å². The van der Waals surface area contributed by atoms with Crippen molar-refractivity contribution in [2.75, 3.05) is 0 Å². The summed E-state index contributed by atoms with van der Waals surface area (Å²) in [6.45, 7) is 10.6. The highest BCUT2D eigenvalue weighted by Gasteiger charge is 2.23. The maximum absolute atomic E-state index is 10.4. The molecule has 0 radical (unpaired) electrons. The molecule has 1 heterocycles. The molecule has 0 unspecified atom stereocenters. The normalized spacial score (nSPS) is 11.7. The van der Waals surface area contributed by atoms with Crippen LogP contribution >= 0.6 is 0 Å². The predicted octanol–water partition coefficient (Wildman–Crippen LogP) is 3.85. The molecular formula is C16H22NO+. The third-order valence-corrected chi connectivity index (χ3v) is 3.46. The van der Waals surface area contributed by atoms with Crippen molar-refractivity contribution in [3.63, 3.8) is 0 Å². The van der Waals surface area contributed by atoms with E-state index in [9.17, 15) is 5.11 Å². The van der Waals surface area contributed by atoms with Crippen LogP contribution < -0.4 is 4.57 Å². The second-order valence-corrected chi connectivity index (χ2v) is 5.55. The Kier molecular flexibility index (Phi) is 3.29. The molecule has 0 bridgehead atoms. The van der Waals surface area contributed by atoms with Gasteiger partial charge < -0.3 is 5.11 Å². The molecule has 1 aromatic carbocycles. The van der Waals surface area contributed by atoms with E-state index in [1.165, 1.54) is 5.69 Å². The fourth-order valence-corrected chi connectivity index (χ4v) is 2.53. The number of rotatable bonds is 2. The van der Waals surface area contributed by atoms with Gasteiger partial charge in [-0.3, -0.25) is 0 Å². The van der Waals surface area contributed by atoms with Gasteiger partial charge in [-0.2, -0.15) is 4.57 Å². The van der Waals surface area contributed by atoms with Gasteiger partial charge in [-0.25, -0.2) is 0 Å². The number of aryl methyl sites for hydroxylation is 1. The van der Waals surface area contributed by atoms with Crippen molar-refractivity contribution >= 4 is 10.8 Å². The topological polar surface area (TPSA) is 24.1 Å². The van der Waals surface area contributed by atoms with Crippen LogP contribution in [0.5, 0.6) is 5.75 Å². The molecule has 2 aromatic rings. The molecule has 0 fully saturated rings. The van der Waals surface area contributed by atoms with Gasteiger partial charge in [0.1, 0.15) is 5.75 Å². The third kappa shape index (κ3) is 1.96. The zero-order chi connectivity index (χ0) is 13.4. The third-order valence-electron chi connectivity index (χ3n) is 3.46. The Labute approximate surface area is 109 Å². The van der Waals surface area contributed by atoms with Crippen LogP contribution in [0.1, 0.15) is 50.9 Å². The highest BCUT2D eigenvalue weighted by molar-refractivity contribution is 5.90. The minimum Gasteiger partial charge on any atom is -0.507 e. The van der Waals surface area contributed by atoms with E-state index < -0.39 is 0 Å². The number of aromatic nitrogens is 1. The second-order valence-electron chi connectivity index (χ2n) is 5.55. The molecule has 2 nitrogen and oxygen atoms in total. The summed E-state index contributed by atoms with van der Waals surface area (Å²) in [4.78, 5) is 0. The molecule has 0 aliphatic heterocycles. The second kappa shape index (κ2) is 4.60. The van der Waals surface area contributed by atoms with Crippen LogP contribution in [0, 0.1) is 6.92 Å². The van der Waals surface area contributed by atoms with E-state index in [1.54, 1.807) is 0 Å². The fourth-order valence-electron chi connectivity index (χ4n) is 2.53. The van der Waals surface area contributed by atoms with Crippen LogP contribution in [0.15, 0.2) is 24.4 Å². The number of fused-ring (bicyclic) bond motifs is 1. The van der Waals surface area contributed by atoms with Gasteiger partial charge in [0.15, 0.2) is 17.9 Å². The summed E-state index contributed by atoms with van der Waals surface area (Å²) in [7, 11) is 0. The summed E-state index contributed by atoms with van der Waals surface area (Å²) < 4.78 is 2.26. The lowest BCUT2D eigenvalue weighted by Gasteiger charge is -2.14. The Morgan fingerprint density at radius 1 is 1.06 bits per heavy atom. The molecule has 0 amide bonds. The molecule has 0 aliphatic carbocycles. The molecular weight excluding hydrogens is 222 g/mol. The first-order valence-corrected chi connectivity index (χ1v) is 6.59. The highest BCUT2D eigenvalue weighted by atomic mass is 16.3. The lowest BCUT2D eigenvalue weighted by Crippen LogP contribution is -2.41. The molecule has 1 aromatic heterocycles. The van der Waals surface area contributed by atoms with Gasteiger partial charge in [-0.05, 0) is 31.7 Å². The first-order chi connectivity index (χ1) is 8.43. The van der Waals surface area contributed by atoms with Gasteiger partial charge in [0.05, 0.1) is 5.39 Å². The highest BCUT2D eigenvalue weighted by Crippen LogP contribution is 2.33. The zero-order valence-corrected chi connectivity index (χ0v) is 11.9. The monoisotopic (exact) mass is 244 g/mol. The van der Waals surface area contributed by atoms with Crippen LogP contribution in [0.2, 0.25) is 0 Å². The van der Waals surface area contributed by atoms with E-state index >= 15 is 0 Å². The first-order valence-electron chi connectivity index (χ1n) is 6.59. The standard InChI is InChI=1S/C16H21NO/c1-10(2)15-14-13(7-6-12(5)16(14)18)8-9-17(15)11(3)4/h6-11H,1-5H3/p+1. The zero-order valence-electron chi connectivity index (χ0n) is 11.9. The lowest BCUT2D eigenvalue weighted by molar-refractivity contribution is -0.722. The van der Waals surface area contributed by atoms with Crippen LogP contribution in [0.3, 0.4) is 0 Å². The molecule has 0 saturated heterocycles. The Morgan fingerprint density at radius 3 is 2.28 bits per heavy atom.